The van der Waals surface area contributed by atoms with Crippen molar-refractivity contribution in [1.82, 2.24) is 10.2 Å². The van der Waals surface area contributed by atoms with Gasteiger partial charge in [0, 0.05) is 30.7 Å². The van der Waals surface area contributed by atoms with E-state index in [-0.39, 0.29) is 17.9 Å². The molecule has 32 heavy (non-hydrogen) atoms. The summed E-state index contributed by atoms with van der Waals surface area (Å²) in [7, 11) is 0. The van der Waals surface area contributed by atoms with Crippen LogP contribution in [0.15, 0.2) is 41.8 Å². The number of thiophene rings is 1. The molecule has 3 rings (SSSR count). The van der Waals surface area contributed by atoms with Gasteiger partial charge in [-0.3, -0.25) is 9.59 Å². The average Bonchev–Trinajstić information content (AvgIpc) is 3.50. The van der Waals surface area contributed by atoms with E-state index >= 15 is 0 Å². The Bertz CT molecular complexity index is 829. The summed E-state index contributed by atoms with van der Waals surface area (Å²) < 4.78 is 5.52. The van der Waals surface area contributed by atoms with Gasteiger partial charge in [-0.05, 0) is 55.2 Å². The maximum atomic E-state index is 13.6. The second kappa shape index (κ2) is 12.8. The number of carbonyl (C=O) groups is 2. The van der Waals surface area contributed by atoms with Crippen molar-refractivity contribution >= 4 is 23.2 Å². The van der Waals surface area contributed by atoms with E-state index in [0.717, 1.165) is 42.5 Å². The number of hydrogen-bond donors (Lipinski definition) is 1. The standard InChI is InChI=1S/C26H36N2O3S/c1-3-20-12-14-21(15-13-20)25(26(30)27-22-9-5-6-10-22)28(16-8-17-31-4-2)24(29)19-23-11-7-18-32-23/h7,11-15,18,22,25H,3-6,8-10,16-17,19H2,1-2H3,(H,27,30)/t25-/m0/s1. The first kappa shape index (κ1) is 24.5. The lowest BCUT2D eigenvalue weighted by Gasteiger charge is -2.32. The lowest BCUT2D eigenvalue weighted by molar-refractivity contribution is -0.141. The van der Waals surface area contributed by atoms with Crippen LogP contribution in [0.1, 0.15) is 68.0 Å². The first-order valence-corrected chi connectivity index (χ1v) is 12.8. The zero-order valence-corrected chi connectivity index (χ0v) is 20.2. The Morgan fingerprint density at radius 2 is 1.91 bits per heavy atom. The summed E-state index contributed by atoms with van der Waals surface area (Å²) in [4.78, 5) is 29.8. The Morgan fingerprint density at radius 3 is 2.53 bits per heavy atom. The van der Waals surface area contributed by atoms with Crippen molar-refractivity contribution in [1.29, 1.82) is 0 Å². The summed E-state index contributed by atoms with van der Waals surface area (Å²) >= 11 is 1.57. The number of rotatable bonds is 12. The highest BCUT2D eigenvalue weighted by Gasteiger charge is 2.33. The van der Waals surface area contributed by atoms with Gasteiger partial charge < -0.3 is 15.0 Å². The van der Waals surface area contributed by atoms with E-state index in [4.69, 9.17) is 4.74 Å². The summed E-state index contributed by atoms with van der Waals surface area (Å²) in [5.41, 5.74) is 2.09. The van der Waals surface area contributed by atoms with E-state index in [2.05, 4.69) is 24.4 Å². The van der Waals surface area contributed by atoms with E-state index in [1.165, 1.54) is 5.56 Å². The second-order valence-corrected chi connectivity index (χ2v) is 9.41. The average molecular weight is 457 g/mol. The molecule has 0 spiro atoms. The molecule has 0 saturated heterocycles. The number of aryl methyl sites for hydroxylation is 1. The van der Waals surface area contributed by atoms with Crippen molar-refractivity contribution in [2.75, 3.05) is 19.8 Å². The quantitative estimate of drug-likeness (QED) is 0.462. The summed E-state index contributed by atoms with van der Waals surface area (Å²) in [6, 6.07) is 11.6. The van der Waals surface area contributed by atoms with Crippen LogP contribution in [-0.2, 0) is 27.2 Å². The van der Waals surface area contributed by atoms with E-state index < -0.39 is 6.04 Å². The van der Waals surface area contributed by atoms with Crippen molar-refractivity contribution in [2.45, 2.75) is 70.9 Å². The minimum absolute atomic E-state index is 0.0184. The Morgan fingerprint density at radius 1 is 1.16 bits per heavy atom. The molecule has 0 bridgehead atoms. The van der Waals surface area contributed by atoms with Gasteiger partial charge in [-0.1, -0.05) is 50.1 Å². The van der Waals surface area contributed by atoms with Gasteiger partial charge in [-0.15, -0.1) is 11.3 Å². The third-order valence-electron chi connectivity index (χ3n) is 6.08. The molecular weight excluding hydrogens is 420 g/mol. The maximum absolute atomic E-state index is 13.6. The van der Waals surface area contributed by atoms with Crippen LogP contribution >= 0.6 is 11.3 Å². The lowest BCUT2D eigenvalue weighted by atomic mass is 10.00. The lowest BCUT2D eigenvalue weighted by Crippen LogP contribution is -2.47. The molecule has 2 aromatic rings. The summed E-state index contributed by atoms with van der Waals surface area (Å²) in [6.07, 6.45) is 6.28. The molecule has 1 saturated carbocycles. The number of nitrogens with one attached hydrogen (secondary N) is 1. The maximum Gasteiger partial charge on any atom is 0.247 e. The molecule has 1 heterocycles. The number of ether oxygens (including phenoxy) is 1. The first-order valence-electron chi connectivity index (χ1n) is 11.9. The largest absolute Gasteiger partial charge is 0.382 e. The van der Waals surface area contributed by atoms with Crippen LogP contribution in [0.2, 0.25) is 0 Å². The van der Waals surface area contributed by atoms with Crippen molar-refractivity contribution in [3.63, 3.8) is 0 Å². The van der Waals surface area contributed by atoms with Crippen LogP contribution in [0.5, 0.6) is 0 Å². The highest BCUT2D eigenvalue weighted by atomic mass is 32.1. The number of amides is 2. The molecule has 174 valence electrons. The van der Waals surface area contributed by atoms with Gasteiger partial charge >= 0.3 is 0 Å². The van der Waals surface area contributed by atoms with Crippen LogP contribution in [0.4, 0.5) is 0 Å². The van der Waals surface area contributed by atoms with E-state index in [0.29, 0.717) is 32.6 Å². The normalized spacial score (nSPS) is 14.9. The van der Waals surface area contributed by atoms with Gasteiger partial charge in [0.2, 0.25) is 11.8 Å². The molecule has 1 fully saturated rings. The van der Waals surface area contributed by atoms with E-state index in [1.807, 2.05) is 36.6 Å². The van der Waals surface area contributed by atoms with E-state index in [9.17, 15) is 9.59 Å². The number of hydrogen-bond acceptors (Lipinski definition) is 4. The highest BCUT2D eigenvalue weighted by Crippen LogP contribution is 2.26. The Balaban J connectivity index is 1.87. The smallest absolute Gasteiger partial charge is 0.247 e. The van der Waals surface area contributed by atoms with Gasteiger partial charge in [0.05, 0.1) is 6.42 Å². The monoisotopic (exact) mass is 456 g/mol. The summed E-state index contributed by atoms with van der Waals surface area (Å²) in [5, 5.41) is 5.22. The SMILES string of the molecule is CCOCCCN(C(=O)Cc1cccs1)[C@H](C(=O)NC1CCCC1)c1ccc(CC)cc1. The topological polar surface area (TPSA) is 58.6 Å². The van der Waals surface area contributed by atoms with Crippen LogP contribution < -0.4 is 5.32 Å². The zero-order chi connectivity index (χ0) is 22.8. The predicted molar refractivity (Wildman–Crippen MR) is 130 cm³/mol. The molecular formula is C26H36N2O3S. The van der Waals surface area contributed by atoms with Crippen LogP contribution in [0.3, 0.4) is 0 Å². The molecule has 1 aliphatic rings. The molecule has 1 aromatic heterocycles. The van der Waals surface area contributed by atoms with Crippen molar-refractivity contribution < 1.29 is 14.3 Å². The van der Waals surface area contributed by atoms with Crippen LogP contribution in [-0.4, -0.2) is 42.5 Å². The molecule has 0 radical (unpaired) electrons. The summed E-state index contributed by atoms with van der Waals surface area (Å²) in [5.74, 6) is -0.0906. The third-order valence-corrected chi connectivity index (χ3v) is 6.96. The Kier molecular flexibility index (Phi) is 9.75. The third kappa shape index (κ3) is 6.91. The van der Waals surface area contributed by atoms with E-state index in [1.54, 1.807) is 16.2 Å². The number of benzene rings is 1. The Labute approximate surface area is 196 Å². The molecule has 1 atom stereocenters. The van der Waals surface area contributed by atoms with Gasteiger partial charge in [0.15, 0.2) is 0 Å². The molecule has 5 nitrogen and oxygen atoms in total. The van der Waals surface area contributed by atoms with Gasteiger partial charge in [0.1, 0.15) is 6.04 Å². The molecule has 1 aliphatic carbocycles. The second-order valence-electron chi connectivity index (χ2n) is 8.38. The van der Waals surface area contributed by atoms with Crippen molar-refractivity contribution in [3.05, 3.63) is 57.8 Å². The molecule has 1 N–H and O–H groups in total. The molecule has 0 unspecified atom stereocenters. The molecule has 6 heteroatoms. The van der Waals surface area contributed by atoms with Gasteiger partial charge in [0.25, 0.3) is 0 Å². The van der Waals surface area contributed by atoms with Crippen molar-refractivity contribution in [3.8, 4) is 0 Å². The highest BCUT2D eigenvalue weighted by molar-refractivity contribution is 7.10. The number of carbonyl (C=O) groups excluding carboxylic acids is 2. The zero-order valence-electron chi connectivity index (χ0n) is 19.3. The fourth-order valence-electron chi connectivity index (χ4n) is 4.30. The Hall–Kier alpha value is -2.18. The minimum Gasteiger partial charge on any atom is -0.382 e. The predicted octanol–water partition coefficient (Wildman–Crippen LogP) is 4.91. The molecule has 1 aromatic carbocycles. The summed E-state index contributed by atoms with van der Waals surface area (Å²) in [6.45, 7) is 5.79. The number of nitrogens with zero attached hydrogens (tertiary/aromatic N) is 1. The minimum atomic E-state index is -0.629. The van der Waals surface area contributed by atoms with Crippen LogP contribution in [0, 0.1) is 0 Å². The first-order chi connectivity index (χ1) is 15.6. The fourth-order valence-corrected chi connectivity index (χ4v) is 5.00. The van der Waals surface area contributed by atoms with Gasteiger partial charge in [-0.2, -0.15) is 0 Å². The van der Waals surface area contributed by atoms with Gasteiger partial charge in [-0.25, -0.2) is 0 Å². The molecule has 2 amide bonds. The molecule has 0 aliphatic heterocycles. The fraction of sp³-hybridized carbons (Fsp3) is 0.538. The van der Waals surface area contributed by atoms with Crippen LogP contribution in [0.25, 0.3) is 0 Å². The van der Waals surface area contributed by atoms with Crippen molar-refractivity contribution in [2.24, 2.45) is 0 Å².